The molecule has 1 aromatic heterocycles. The van der Waals surface area contributed by atoms with E-state index in [1.165, 1.54) is 46.4 Å². The van der Waals surface area contributed by atoms with Gasteiger partial charge in [0.1, 0.15) is 0 Å². The number of fused-ring (bicyclic) bond motifs is 1. The standard InChI is InChI=1S/C24H28N2.CH4/c1-5-20(22-10-11-24(18-6-7-18)26-17(22)4)19-8-9-21-16(3)25-13-12-15(2)23(21)14-19;/h5,8-11,14-15,18,25H,3,6-7,12-13H2,1-2,4H3;1H4/b20-5-;. The van der Waals surface area contributed by atoms with Crippen LogP contribution >= 0.6 is 0 Å². The maximum Gasteiger partial charge on any atom is 0.0454 e. The zero-order chi connectivity index (χ0) is 18.3. The number of aromatic nitrogens is 1. The lowest BCUT2D eigenvalue weighted by Gasteiger charge is -2.17. The van der Waals surface area contributed by atoms with E-state index < -0.39 is 0 Å². The highest BCUT2D eigenvalue weighted by Crippen LogP contribution is 2.40. The van der Waals surface area contributed by atoms with Crippen LogP contribution in [0.5, 0.6) is 0 Å². The molecule has 1 N–H and O–H groups in total. The fraction of sp³-hybridized carbons (Fsp3) is 0.400. The molecule has 1 aliphatic carbocycles. The van der Waals surface area contributed by atoms with Gasteiger partial charge in [0.05, 0.1) is 0 Å². The third-order valence-electron chi connectivity index (χ3n) is 5.82. The van der Waals surface area contributed by atoms with E-state index in [0.29, 0.717) is 11.8 Å². The van der Waals surface area contributed by atoms with Gasteiger partial charge in [-0.15, -0.1) is 0 Å². The first kappa shape index (κ1) is 19.4. The Kier molecular flexibility index (Phi) is 5.55. The summed E-state index contributed by atoms with van der Waals surface area (Å²) in [5.74, 6) is 1.23. The van der Waals surface area contributed by atoms with Crippen LogP contribution in [0.3, 0.4) is 0 Å². The van der Waals surface area contributed by atoms with Gasteiger partial charge >= 0.3 is 0 Å². The number of benzene rings is 1. The second-order valence-electron chi connectivity index (χ2n) is 7.74. The molecule has 2 nitrogen and oxygen atoms in total. The predicted molar refractivity (Wildman–Crippen MR) is 117 cm³/mol. The summed E-state index contributed by atoms with van der Waals surface area (Å²) in [5, 5.41) is 3.44. The molecule has 0 amide bonds. The van der Waals surface area contributed by atoms with Crippen molar-refractivity contribution in [2.75, 3.05) is 6.54 Å². The minimum absolute atomic E-state index is 0. The summed E-state index contributed by atoms with van der Waals surface area (Å²) in [7, 11) is 0. The molecule has 27 heavy (non-hydrogen) atoms. The van der Waals surface area contributed by atoms with Gasteiger partial charge in [-0.1, -0.05) is 51.3 Å². The lowest BCUT2D eigenvalue weighted by atomic mass is 9.88. The maximum absolute atomic E-state index is 4.89. The van der Waals surface area contributed by atoms with Gasteiger partial charge in [0.2, 0.25) is 0 Å². The molecule has 1 atom stereocenters. The van der Waals surface area contributed by atoms with Crippen molar-refractivity contribution < 1.29 is 0 Å². The summed E-state index contributed by atoms with van der Waals surface area (Å²) in [5.41, 5.74) is 9.90. The Morgan fingerprint density at radius 3 is 2.63 bits per heavy atom. The summed E-state index contributed by atoms with van der Waals surface area (Å²) in [6.45, 7) is 11.8. The molecule has 1 fully saturated rings. The largest absolute Gasteiger partial charge is 0.385 e. The molecule has 0 bridgehead atoms. The van der Waals surface area contributed by atoms with Crippen LogP contribution in [0, 0.1) is 6.92 Å². The van der Waals surface area contributed by atoms with Gasteiger partial charge in [-0.05, 0) is 61.8 Å². The van der Waals surface area contributed by atoms with Crippen LogP contribution in [-0.4, -0.2) is 11.5 Å². The molecule has 1 unspecified atom stereocenters. The predicted octanol–water partition coefficient (Wildman–Crippen LogP) is 6.42. The van der Waals surface area contributed by atoms with Gasteiger partial charge in [0.25, 0.3) is 0 Å². The summed E-state index contributed by atoms with van der Waals surface area (Å²) < 4.78 is 0. The van der Waals surface area contributed by atoms with Crippen molar-refractivity contribution >= 4 is 11.3 Å². The quantitative estimate of drug-likeness (QED) is 0.683. The molecule has 1 aromatic carbocycles. The second kappa shape index (κ2) is 7.72. The Morgan fingerprint density at radius 2 is 1.96 bits per heavy atom. The van der Waals surface area contributed by atoms with Gasteiger partial charge in [-0.3, -0.25) is 4.98 Å². The Labute approximate surface area is 164 Å². The highest BCUT2D eigenvalue weighted by molar-refractivity contribution is 5.82. The lowest BCUT2D eigenvalue weighted by molar-refractivity contribution is 0.672. The van der Waals surface area contributed by atoms with E-state index >= 15 is 0 Å². The second-order valence-corrected chi connectivity index (χ2v) is 7.74. The number of hydrogen-bond donors (Lipinski definition) is 1. The molecule has 2 heterocycles. The van der Waals surface area contributed by atoms with E-state index in [-0.39, 0.29) is 7.43 Å². The smallest absolute Gasteiger partial charge is 0.0454 e. The molecule has 1 aliphatic heterocycles. The van der Waals surface area contributed by atoms with Crippen molar-refractivity contribution in [3.05, 3.63) is 76.6 Å². The van der Waals surface area contributed by atoms with Crippen LogP contribution in [0.15, 0.2) is 43.0 Å². The highest BCUT2D eigenvalue weighted by Gasteiger charge is 2.25. The van der Waals surface area contributed by atoms with Crippen LogP contribution in [0.25, 0.3) is 11.3 Å². The van der Waals surface area contributed by atoms with Crippen LogP contribution < -0.4 is 5.32 Å². The van der Waals surface area contributed by atoms with Gasteiger partial charge < -0.3 is 5.32 Å². The number of nitrogens with one attached hydrogen (secondary N) is 1. The molecule has 0 radical (unpaired) electrons. The van der Waals surface area contributed by atoms with Crippen molar-refractivity contribution in [1.82, 2.24) is 10.3 Å². The maximum atomic E-state index is 4.89. The molecule has 0 spiro atoms. The molecule has 4 rings (SSSR count). The van der Waals surface area contributed by atoms with Gasteiger partial charge in [-0.2, -0.15) is 0 Å². The van der Waals surface area contributed by atoms with Crippen LogP contribution in [-0.2, 0) is 0 Å². The first-order valence-electron chi connectivity index (χ1n) is 9.80. The molecule has 2 aliphatic rings. The first-order valence-corrected chi connectivity index (χ1v) is 9.80. The summed E-state index contributed by atoms with van der Waals surface area (Å²) >= 11 is 0. The zero-order valence-electron chi connectivity index (χ0n) is 16.1. The molecule has 2 heteroatoms. The zero-order valence-corrected chi connectivity index (χ0v) is 16.1. The Balaban J connectivity index is 0.00000210. The van der Waals surface area contributed by atoms with Gasteiger partial charge in [0.15, 0.2) is 0 Å². The molecular formula is C25H32N2. The van der Waals surface area contributed by atoms with E-state index in [0.717, 1.165) is 24.4 Å². The third kappa shape index (κ3) is 3.71. The van der Waals surface area contributed by atoms with Crippen LogP contribution in [0.1, 0.15) is 86.0 Å². The Hall–Kier alpha value is -2.35. The highest BCUT2D eigenvalue weighted by atomic mass is 14.9. The summed E-state index contributed by atoms with van der Waals surface area (Å²) in [4.78, 5) is 4.89. The minimum atomic E-state index is 0. The number of pyridine rings is 1. The Morgan fingerprint density at radius 1 is 1.19 bits per heavy atom. The monoisotopic (exact) mass is 360 g/mol. The van der Waals surface area contributed by atoms with E-state index in [4.69, 9.17) is 4.98 Å². The fourth-order valence-corrected chi connectivity index (χ4v) is 4.05. The topological polar surface area (TPSA) is 24.9 Å². The number of allylic oxidation sites excluding steroid dienone is 1. The molecular weight excluding hydrogens is 328 g/mol. The van der Waals surface area contributed by atoms with Crippen LogP contribution in [0.4, 0.5) is 0 Å². The normalized spacial score (nSPS) is 19.6. The number of nitrogens with zero attached hydrogens (tertiary/aromatic N) is 1. The van der Waals surface area contributed by atoms with E-state index in [2.05, 4.69) is 69.1 Å². The van der Waals surface area contributed by atoms with E-state index in [9.17, 15) is 0 Å². The lowest BCUT2D eigenvalue weighted by Crippen LogP contribution is -2.10. The number of aryl methyl sites for hydroxylation is 1. The van der Waals surface area contributed by atoms with Crippen molar-refractivity contribution in [2.45, 2.75) is 59.3 Å². The SMILES string of the molecule is C.C=C1NCCC(C)c2cc(/C(=C/C)c3ccc(C4CC4)nc3C)ccc21. The van der Waals surface area contributed by atoms with Crippen LogP contribution in [0.2, 0.25) is 0 Å². The van der Waals surface area contributed by atoms with Gasteiger partial charge in [-0.25, -0.2) is 0 Å². The third-order valence-corrected chi connectivity index (χ3v) is 5.82. The number of hydrogen-bond acceptors (Lipinski definition) is 2. The molecule has 2 aromatic rings. The van der Waals surface area contributed by atoms with E-state index in [1.807, 2.05) is 0 Å². The van der Waals surface area contributed by atoms with Crippen molar-refractivity contribution in [1.29, 1.82) is 0 Å². The molecule has 0 saturated heterocycles. The fourth-order valence-electron chi connectivity index (χ4n) is 4.05. The van der Waals surface area contributed by atoms with E-state index in [1.54, 1.807) is 0 Å². The summed E-state index contributed by atoms with van der Waals surface area (Å²) in [6.07, 6.45) is 5.94. The first-order chi connectivity index (χ1) is 12.6. The minimum Gasteiger partial charge on any atom is -0.385 e. The van der Waals surface area contributed by atoms with Crippen molar-refractivity contribution in [2.24, 2.45) is 0 Å². The molecule has 142 valence electrons. The van der Waals surface area contributed by atoms with Crippen molar-refractivity contribution in [3.63, 3.8) is 0 Å². The average Bonchev–Trinajstić information content (AvgIpc) is 3.48. The molecule has 1 saturated carbocycles. The van der Waals surface area contributed by atoms with Gasteiger partial charge in [0, 0.05) is 40.7 Å². The average molecular weight is 361 g/mol. The number of rotatable bonds is 3. The Bertz CT molecular complexity index is 887. The summed E-state index contributed by atoms with van der Waals surface area (Å²) in [6, 6.07) is 11.3. The van der Waals surface area contributed by atoms with Crippen molar-refractivity contribution in [3.8, 4) is 0 Å².